The molecule has 2 aromatic rings. The fraction of sp³-hybridized carbons (Fsp3) is 0.222. The second-order valence-electron chi connectivity index (χ2n) is 7.08. The van der Waals surface area contributed by atoms with Crippen molar-refractivity contribution >= 4 is 28.0 Å². The predicted molar refractivity (Wildman–Crippen MR) is 131 cm³/mol. The van der Waals surface area contributed by atoms with Gasteiger partial charge in [0.2, 0.25) is 0 Å². The summed E-state index contributed by atoms with van der Waals surface area (Å²) < 4.78 is 1.42. The Morgan fingerprint density at radius 3 is 2.00 bits per heavy atom. The summed E-state index contributed by atoms with van der Waals surface area (Å²) in [5, 5.41) is 0. The van der Waals surface area contributed by atoms with E-state index in [1.54, 1.807) is 5.57 Å². The molecule has 0 fully saturated rings. The maximum absolute atomic E-state index is 3.44. The van der Waals surface area contributed by atoms with Gasteiger partial charge in [0.15, 0.2) is 0 Å². The van der Waals surface area contributed by atoms with E-state index in [1.807, 2.05) is 0 Å². The Morgan fingerprint density at radius 2 is 1.53 bits per heavy atom. The van der Waals surface area contributed by atoms with Crippen LogP contribution in [0.15, 0.2) is 102 Å². The van der Waals surface area contributed by atoms with E-state index < -0.39 is 0 Å². The number of benzene rings is 2. The third kappa shape index (κ3) is 7.16. The number of rotatable bonds is 5. The number of hydrogen-bond donors (Lipinski definition) is 0. The predicted octanol–water partition coefficient (Wildman–Crippen LogP) is 7.62. The van der Waals surface area contributed by atoms with Gasteiger partial charge < -0.3 is 0 Å². The van der Waals surface area contributed by atoms with Crippen LogP contribution in [0.1, 0.15) is 44.2 Å². The van der Waals surface area contributed by atoms with Crippen LogP contribution in [-0.4, -0.2) is 3.21 Å². The summed E-state index contributed by atoms with van der Waals surface area (Å²) in [4.78, 5) is 0. The van der Waals surface area contributed by atoms with Crippen LogP contribution in [0.5, 0.6) is 0 Å². The van der Waals surface area contributed by atoms with Gasteiger partial charge in [-0.1, -0.05) is 50.0 Å². The molecule has 156 valence electrons. The molecular formula is C27H29Cl2Zr-. The van der Waals surface area contributed by atoms with Crippen molar-refractivity contribution < 1.29 is 24.2 Å². The van der Waals surface area contributed by atoms with Gasteiger partial charge in [0, 0.05) is 0 Å². The van der Waals surface area contributed by atoms with Gasteiger partial charge in [-0.05, 0) is 6.42 Å². The molecule has 0 amide bonds. The molecule has 0 N–H and O–H groups in total. The van der Waals surface area contributed by atoms with Gasteiger partial charge in [0.25, 0.3) is 0 Å². The van der Waals surface area contributed by atoms with Crippen LogP contribution in [0.4, 0.5) is 0 Å². The summed E-state index contributed by atoms with van der Waals surface area (Å²) in [6, 6.07) is 21.1. The van der Waals surface area contributed by atoms with Gasteiger partial charge in [-0.25, -0.2) is 5.57 Å². The van der Waals surface area contributed by atoms with E-state index in [1.165, 1.54) is 49.7 Å². The average molecular weight is 516 g/mol. The van der Waals surface area contributed by atoms with Crippen molar-refractivity contribution in [1.82, 2.24) is 0 Å². The van der Waals surface area contributed by atoms with Gasteiger partial charge in [-0.15, -0.1) is 31.2 Å². The van der Waals surface area contributed by atoms with Crippen LogP contribution in [0.2, 0.25) is 0 Å². The summed E-state index contributed by atoms with van der Waals surface area (Å²) >= 11 is 1.46. The summed E-state index contributed by atoms with van der Waals surface area (Å²) in [6.07, 6.45) is 15.7. The molecule has 4 rings (SSSR count). The van der Waals surface area contributed by atoms with Crippen LogP contribution in [0.25, 0.3) is 0 Å². The molecule has 0 spiro atoms. The zero-order chi connectivity index (χ0) is 19.8. The van der Waals surface area contributed by atoms with E-state index >= 15 is 0 Å². The van der Waals surface area contributed by atoms with E-state index in [-0.39, 0.29) is 24.8 Å². The Hall–Kier alpha value is -1.27. The molecule has 2 aliphatic rings. The van der Waals surface area contributed by atoms with E-state index in [0.29, 0.717) is 5.92 Å². The molecule has 0 nitrogen and oxygen atoms in total. The van der Waals surface area contributed by atoms with Crippen molar-refractivity contribution in [3.05, 3.63) is 119 Å². The minimum atomic E-state index is 0. The minimum absolute atomic E-state index is 0. The molecule has 0 bridgehead atoms. The van der Waals surface area contributed by atoms with Gasteiger partial charge in [0.1, 0.15) is 0 Å². The normalized spacial score (nSPS) is 14.8. The molecule has 2 aliphatic carbocycles. The van der Waals surface area contributed by atoms with E-state index in [4.69, 9.17) is 0 Å². The molecule has 0 aromatic heterocycles. The van der Waals surface area contributed by atoms with Crippen LogP contribution < -0.4 is 0 Å². The second-order valence-corrected chi connectivity index (χ2v) is 8.30. The molecule has 0 saturated carbocycles. The average Bonchev–Trinajstić information content (AvgIpc) is 3.46. The third-order valence-electron chi connectivity index (χ3n) is 5.29. The van der Waals surface area contributed by atoms with Crippen molar-refractivity contribution in [3.8, 4) is 0 Å². The molecule has 1 unspecified atom stereocenters. The molecule has 0 aliphatic heterocycles. The number of halogens is 2. The first kappa shape index (κ1) is 26.8. The quantitative estimate of drug-likeness (QED) is 0.359. The van der Waals surface area contributed by atoms with Gasteiger partial charge in [-0.3, -0.25) is 6.08 Å². The zero-order valence-electron chi connectivity index (χ0n) is 17.6. The van der Waals surface area contributed by atoms with Crippen molar-refractivity contribution in [1.29, 1.82) is 0 Å². The topological polar surface area (TPSA) is 0 Å². The van der Waals surface area contributed by atoms with Crippen LogP contribution >= 0.6 is 24.8 Å². The number of hydrogen-bond acceptors (Lipinski definition) is 0. The summed E-state index contributed by atoms with van der Waals surface area (Å²) in [7, 11) is 0. The summed E-state index contributed by atoms with van der Waals surface area (Å²) in [6.45, 7) is 4.53. The molecule has 0 heterocycles. The molecule has 2 aromatic carbocycles. The van der Waals surface area contributed by atoms with Crippen LogP contribution in [0, 0.1) is 12.0 Å². The third-order valence-corrected chi connectivity index (χ3v) is 6.71. The van der Waals surface area contributed by atoms with Crippen molar-refractivity contribution in [3.63, 3.8) is 0 Å². The zero-order valence-corrected chi connectivity index (χ0v) is 21.7. The van der Waals surface area contributed by atoms with Gasteiger partial charge in [0.05, 0.1) is 0 Å². The van der Waals surface area contributed by atoms with Gasteiger partial charge in [-0.2, -0.15) is 11.6 Å². The van der Waals surface area contributed by atoms with Crippen molar-refractivity contribution in [2.45, 2.75) is 33.1 Å². The monoisotopic (exact) mass is 513 g/mol. The Morgan fingerprint density at radius 1 is 0.967 bits per heavy atom. The Bertz CT molecular complexity index is 880. The standard InChI is InChI=1S/C14H17.C13H10.2ClH.Zr/c1-3-12-9-6-10-14(12)11(2)13-7-4-5-8-13;1-3-7-12(8-4-1)11-13-9-5-2-6-10-13;;;/h4-5,7,10-11H,3,6,8H2,1-2H3;1-10H;2*1H;/q-1;;;;. The number of allylic oxidation sites excluding steroid dienone is 8. The fourth-order valence-electron chi connectivity index (χ4n) is 3.64. The van der Waals surface area contributed by atoms with Crippen LogP contribution in [-0.2, 0) is 24.2 Å². The van der Waals surface area contributed by atoms with E-state index in [0.717, 1.165) is 19.3 Å². The second kappa shape index (κ2) is 13.9. The first-order valence-corrected chi connectivity index (χ1v) is 11.3. The van der Waals surface area contributed by atoms with Crippen molar-refractivity contribution in [2.24, 2.45) is 5.92 Å². The molecule has 3 heteroatoms. The van der Waals surface area contributed by atoms with E-state index in [2.05, 4.69) is 105 Å². The van der Waals surface area contributed by atoms with E-state index in [9.17, 15) is 0 Å². The fourth-order valence-corrected chi connectivity index (χ4v) is 4.46. The van der Waals surface area contributed by atoms with Gasteiger partial charge >= 0.3 is 99.2 Å². The Labute approximate surface area is 209 Å². The molecule has 1 atom stereocenters. The molecular weight excluding hydrogens is 486 g/mol. The first-order valence-electron chi connectivity index (χ1n) is 10.1. The Balaban J connectivity index is 0.000000281. The summed E-state index contributed by atoms with van der Waals surface area (Å²) in [5.74, 6) is 0.593. The first-order chi connectivity index (χ1) is 13.7. The SMILES string of the molecule is CCC1=[C-]CC=C1C(C)C1=CC=CC1.Cl.Cl.[Zr]=[C](c1ccccc1)c1ccccc1. The van der Waals surface area contributed by atoms with Crippen LogP contribution in [0.3, 0.4) is 0 Å². The summed E-state index contributed by atoms with van der Waals surface area (Å²) in [5.41, 5.74) is 7.16. The molecule has 0 radical (unpaired) electrons. The molecule has 0 saturated heterocycles. The van der Waals surface area contributed by atoms with Crippen molar-refractivity contribution in [2.75, 3.05) is 0 Å². The molecule has 30 heavy (non-hydrogen) atoms. The Kier molecular flexibility index (Phi) is 12.4. The maximum atomic E-state index is 3.44.